The Morgan fingerprint density at radius 3 is 2.46 bits per heavy atom. The first-order valence-electron chi connectivity index (χ1n) is 8.66. The van der Waals surface area contributed by atoms with E-state index in [1.165, 1.54) is 19.0 Å². The molecule has 1 aromatic heterocycles. The summed E-state index contributed by atoms with van der Waals surface area (Å²) in [7, 11) is 4.15. The largest absolute Gasteiger partial charge is 0.349 e. The van der Waals surface area contributed by atoms with Crippen LogP contribution in [0.4, 0.5) is 5.95 Å². The first-order valence-corrected chi connectivity index (χ1v) is 9.04. The van der Waals surface area contributed by atoms with Crippen molar-refractivity contribution < 1.29 is 4.79 Å². The van der Waals surface area contributed by atoms with E-state index in [4.69, 9.17) is 11.6 Å². The summed E-state index contributed by atoms with van der Waals surface area (Å²) in [5.74, 6) is 0.307. The van der Waals surface area contributed by atoms with Gasteiger partial charge in [-0.3, -0.25) is 4.79 Å². The van der Waals surface area contributed by atoms with E-state index in [2.05, 4.69) is 34.3 Å². The van der Waals surface area contributed by atoms with E-state index < -0.39 is 0 Å². The Balaban J connectivity index is 2.13. The maximum atomic E-state index is 12.6. The number of hydrogen-bond acceptors (Lipinski definition) is 5. The number of likely N-dealkylation sites (N-methyl/N-ethyl adjacent to an activating group) is 1. The van der Waals surface area contributed by atoms with Crippen LogP contribution in [0.1, 0.15) is 50.0 Å². The van der Waals surface area contributed by atoms with Crippen molar-refractivity contribution in [1.29, 1.82) is 0 Å². The number of carbonyl (C=O) groups is 1. The quantitative estimate of drug-likeness (QED) is 0.816. The molecule has 1 aromatic rings. The van der Waals surface area contributed by atoms with E-state index in [0.29, 0.717) is 12.5 Å². The van der Waals surface area contributed by atoms with Crippen molar-refractivity contribution in [2.24, 2.45) is 0 Å². The highest BCUT2D eigenvalue weighted by Gasteiger charge is 2.36. The number of hydrogen-bond donors (Lipinski definition) is 1. The lowest BCUT2D eigenvalue weighted by molar-refractivity contribution is 0.0895. The number of anilines is 1. The van der Waals surface area contributed by atoms with Crippen LogP contribution in [0.25, 0.3) is 0 Å². The molecule has 7 heteroatoms. The van der Waals surface area contributed by atoms with E-state index in [1.807, 2.05) is 18.7 Å². The summed E-state index contributed by atoms with van der Waals surface area (Å²) in [5, 5.41) is 3.32. The third-order valence-corrected chi connectivity index (χ3v) is 5.33. The molecule has 1 aliphatic carbocycles. The summed E-state index contributed by atoms with van der Waals surface area (Å²) in [4.78, 5) is 25.5. The van der Waals surface area contributed by atoms with Gasteiger partial charge in [0.15, 0.2) is 5.69 Å². The Bertz CT molecular complexity index is 568. The maximum Gasteiger partial charge on any atom is 0.271 e. The van der Waals surface area contributed by atoms with Gasteiger partial charge in [-0.2, -0.15) is 0 Å². The van der Waals surface area contributed by atoms with Gasteiger partial charge in [-0.25, -0.2) is 9.97 Å². The highest BCUT2D eigenvalue weighted by atomic mass is 35.5. The minimum Gasteiger partial charge on any atom is -0.349 e. The fourth-order valence-electron chi connectivity index (χ4n) is 3.32. The molecule has 1 N–H and O–H groups in total. The molecule has 1 heterocycles. The molecule has 6 nitrogen and oxygen atoms in total. The van der Waals surface area contributed by atoms with Crippen LogP contribution < -0.4 is 10.2 Å². The Morgan fingerprint density at radius 2 is 1.92 bits per heavy atom. The van der Waals surface area contributed by atoms with Gasteiger partial charge >= 0.3 is 0 Å². The summed E-state index contributed by atoms with van der Waals surface area (Å²) in [6.07, 6.45) is 6.11. The van der Waals surface area contributed by atoms with Crippen LogP contribution in [-0.2, 0) is 0 Å². The van der Waals surface area contributed by atoms with Crippen LogP contribution in [0.2, 0.25) is 5.02 Å². The van der Waals surface area contributed by atoms with Gasteiger partial charge in [-0.1, -0.05) is 24.4 Å². The predicted molar refractivity (Wildman–Crippen MR) is 97.8 cm³/mol. The molecule has 0 bridgehead atoms. The van der Waals surface area contributed by atoms with Gasteiger partial charge in [0.2, 0.25) is 5.95 Å². The Morgan fingerprint density at radius 1 is 1.29 bits per heavy atom. The second-order valence-electron chi connectivity index (χ2n) is 6.55. The molecule has 0 spiro atoms. The van der Waals surface area contributed by atoms with Crippen LogP contribution in [0.3, 0.4) is 0 Å². The summed E-state index contributed by atoms with van der Waals surface area (Å²) in [6, 6.07) is 0. The molecule has 24 heavy (non-hydrogen) atoms. The molecule has 0 saturated heterocycles. The van der Waals surface area contributed by atoms with Crippen LogP contribution >= 0.6 is 11.6 Å². The number of nitrogens with one attached hydrogen (secondary N) is 1. The average Bonchev–Trinajstić information content (AvgIpc) is 3.05. The Hall–Kier alpha value is -1.40. The molecule has 0 unspecified atom stereocenters. The third kappa shape index (κ3) is 3.98. The molecule has 0 radical (unpaired) electrons. The third-order valence-electron chi connectivity index (χ3n) is 5.05. The Labute approximate surface area is 149 Å². The van der Waals surface area contributed by atoms with Crippen molar-refractivity contribution in [1.82, 2.24) is 20.2 Å². The first kappa shape index (κ1) is 18.9. The van der Waals surface area contributed by atoms with Gasteiger partial charge in [-0.05, 0) is 40.8 Å². The molecule has 1 fully saturated rings. The normalized spacial score (nSPS) is 16.4. The van der Waals surface area contributed by atoms with Crippen LogP contribution in [0, 0.1) is 0 Å². The van der Waals surface area contributed by atoms with Crippen LogP contribution in [-0.4, -0.2) is 60.0 Å². The molecule has 0 aromatic carbocycles. The van der Waals surface area contributed by atoms with Gasteiger partial charge in [0.1, 0.15) is 0 Å². The number of nitrogens with zero attached hydrogens (tertiary/aromatic N) is 4. The summed E-state index contributed by atoms with van der Waals surface area (Å²) in [6.45, 7) is 6.23. The predicted octanol–water partition coefficient (Wildman–Crippen LogP) is 2.58. The molecular weight excluding hydrogens is 326 g/mol. The van der Waals surface area contributed by atoms with Crippen molar-refractivity contribution in [2.45, 2.75) is 45.1 Å². The lowest BCUT2D eigenvalue weighted by Crippen LogP contribution is -2.51. The van der Waals surface area contributed by atoms with Crippen molar-refractivity contribution in [3.63, 3.8) is 0 Å². The van der Waals surface area contributed by atoms with E-state index >= 15 is 0 Å². The van der Waals surface area contributed by atoms with Gasteiger partial charge in [0.05, 0.1) is 11.2 Å². The molecule has 1 saturated carbocycles. The summed E-state index contributed by atoms with van der Waals surface area (Å²) < 4.78 is 0. The zero-order valence-corrected chi connectivity index (χ0v) is 15.9. The molecule has 0 aliphatic heterocycles. The van der Waals surface area contributed by atoms with E-state index in [9.17, 15) is 4.79 Å². The number of halogens is 1. The fourth-order valence-corrected chi connectivity index (χ4v) is 3.50. The number of rotatable bonds is 7. The zero-order chi connectivity index (χ0) is 17.7. The van der Waals surface area contributed by atoms with Crippen LogP contribution in [0.5, 0.6) is 0 Å². The van der Waals surface area contributed by atoms with Crippen molar-refractivity contribution in [2.75, 3.05) is 38.6 Å². The monoisotopic (exact) mass is 353 g/mol. The molecular formula is C17H28ClN5O. The van der Waals surface area contributed by atoms with Crippen LogP contribution in [0.15, 0.2) is 6.20 Å². The second kappa shape index (κ2) is 8.12. The van der Waals surface area contributed by atoms with E-state index in [1.54, 1.807) is 0 Å². The number of carbonyl (C=O) groups excluding carboxylic acids is 1. The Kier molecular flexibility index (Phi) is 6.40. The van der Waals surface area contributed by atoms with Gasteiger partial charge < -0.3 is 15.1 Å². The SMILES string of the molecule is CCN(CC)c1ncc(Cl)c(C(=O)NCC2(N(C)C)CCCC2)n1. The highest BCUT2D eigenvalue weighted by Crippen LogP contribution is 2.33. The lowest BCUT2D eigenvalue weighted by Gasteiger charge is -2.36. The second-order valence-corrected chi connectivity index (χ2v) is 6.95. The fraction of sp³-hybridized carbons (Fsp3) is 0.706. The molecule has 134 valence electrons. The minimum absolute atomic E-state index is 0.0386. The maximum absolute atomic E-state index is 12.6. The average molecular weight is 354 g/mol. The summed E-state index contributed by atoms with van der Waals surface area (Å²) >= 11 is 6.16. The topological polar surface area (TPSA) is 61.4 Å². The first-order chi connectivity index (χ1) is 11.4. The zero-order valence-electron chi connectivity index (χ0n) is 15.1. The minimum atomic E-state index is -0.232. The molecule has 1 aliphatic rings. The highest BCUT2D eigenvalue weighted by molar-refractivity contribution is 6.33. The molecule has 2 rings (SSSR count). The van der Waals surface area contributed by atoms with Crippen molar-refractivity contribution in [3.05, 3.63) is 16.9 Å². The van der Waals surface area contributed by atoms with E-state index in [-0.39, 0.29) is 22.2 Å². The number of amides is 1. The lowest BCUT2D eigenvalue weighted by atomic mass is 9.96. The van der Waals surface area contributed by atoms with E-state index in [0.717, 1.165) is 25.9 Å². The molecule has 0 atom stereocenters. The standard InChI is InChI=1S/C17H28ClN5O/c1-5-23(6-2)16-19-11-13(18)14(21-16)15(24)20-12-17(22(3)4)9-7-8-10-17/h11H,5-10,12H2,1-4H3,(H,20,24). The van der Waals surface area contributed by atoms with Crippen molar-refractivity contribution >= 4 is 23.5 Å². The van der Waals surface area contributed by atoms with Gasteiger partial charge in [0, 0.05) is 25.2 Å². The van der Waals surface area contributed by atoms with Gasteiger partial charge in [0.25, 0.3) is 5.91 Å². The summed E-state index contributed by atoms with van der Waals surface area (Å²) in [5.41, 5.74) is 0.289. The smallest absolute Gasteiger partial charge is 0.271 e. The van der Waals surface area contributed by atoms with Gasteiger partial charge in [-0.15, -0.1) is 0 Å². The van der Waals surface area contributed by atoms with Crippen molar-refractivity contribution in [3.8, 4) is 0 Å². The molecule has 1 amide bonds. The number of aromatic nitrogens is 2.